The number of rotatable bonds is 4. The molecule has 1 aliphatic heterocycles. The van der Waals surface area contributed by atoms with E-state index in [0.29, 0.717) is 5.91 Å². The third kappa shape index (κ3) is 3.31. The zero-order chi connectivity index (χ0) is 17.3. The van der Waals surface area contributed by atoms with Crippen LogP contribution in [0.15, 0.2) is 48.7 Å². The van der Waals surface area contributed by atoms with Crippen molar-refractivity contribution in [3.05, 3.63) is 65.5 Å². The van der Waals surface area contributed by atoms with Crippen LogP contribution in [0.1, 0.15) is 29.7 Å². The number of hydrogen-bond donors (Lipinski definition) is 0. The van der Waals surface area contributed by atoms with Crippen LogP contribution in [0, 0.1) is 6.92 Å². The van der Waals surface area contributed by atoms with Crippen LogP contribution >= 0.6 is 0 Å². The molecule has 0 N–H and O–H groups in total. The summed E-state index contributed by atoms with van der Waals surface area (Å²) < 4.78 is 0. The molecule has 4 nitrogen and oxygen atoms in total. The highest BCUT2D eigenvalue weighted by Crippen LogP contribution is 2.49. The van der Waals surface area contributed by atoms with Crippen LogP contribution in [0.4, 0.5) is 0 Å². The maximum Gasteiger partial charge on any atom is 0.233 e. The zero-order valence-corrected chi connectivity index (χ0v) is 14.8. The van der Waals surface area contributed by atoms with Crippen molar-refractivity contribution in [2.45, 2.75) is 31.7 Å². The minimum Gasteiger partial charge on any atom is -0.339 e. The molecule has 0 bridgehead atoms. The van der Waals surface area contributed by atoms with E-state index in [1.165, 1.54) is 11.1 Å². The average Bonchev–Trinajstić information content (AvgIpc) is 3.45. The van der Waals surface area contributed by atoms with Crippen molar-refractivity contribution >= 4 is 5.91 Å². The van der Waals surface area contributed by atoms with Gasteiger partial charge in [0.2, 0.25) is 5.91 Å². The lowest BCUT2D eigenvalue weighted by atomic mass is 9.92. The minimum atomic E-state index is -0.241. The number of aromatic nitrogens is 1. The summed E-state index contributed by atoms with van der Waals surface area (Å²) in [6, 6.07) is 14.5. The maximum absolute atomic E-state index is 13.2. The minimum absolute atomic E-state index is 0.241. The van der Waals surface area contributed by atoms with Crippen LogP contribution in [0.3, 0.4) is 0 Å². The Hall–Kier alpha value is -2.20. The number of piperazine rings is 1. The number of aryl methyl sites for hydroxylation is 1. The largest absolute Gasteiger partial charge is 0.339 e. The van der Waals surface area contributed by atoms with Crippen LogP contribution < -0.4 is 0 Å². The van der Waals surface area contributed by atoms with Crippen LogP contribution in [-0.4, -0.2) is 46.9 Å². The second-order valence-corrected chi connectivity index (χ2v) is 7.34. The molecule has 1 aliphatic carbocycles. The van der Waals surface area contributed by atoms with E-state index < -0.39 is 0 Å². The Kier molecular flexibility index (Phi) is 4.30. The molecule has 0 unspecified atom stereocenters. The molecule has 1 saturated carbocycles. The second-order valence-electron chi connectivity index (χ2n) is 7.34. The van der Waals surface area contributed by atoms with Crippen molar-refractivity contribution in [1.29, 1.82) is 0 Å². The molecule has 1 aromatic carbocycles. The summed E-state index contributed by atoms with van der Waals surface area (Å²) in [6.45, 7) is 6.45. The van der Waals surface area contributed by atoms with E-state index in [-0.39, 0.29) is 5.41 Å². The topological polar surface area (TPSA) is 36.4 Å². The molecule has 2 heterocycles. The van der Waals surface area contributed by atoms with Crippen LogP contribution in [0.2, 0.25) is 0 Å². The fourth-order valence-electron chi connectivity index (χ4n) is 3.83. The zero-order valence-electron chi connectivity index (χ0n) is 14.8. The quantitative estimate of drug-likeness (QED) is 0.862. The molecule has 0 radical (unpaired) electrons. The number of carbonyl (C=O) groups excluding carboxylic acids is 1. The molecular weight excluding hydrogens is 310 g/mol. The SMILES string of the molecule is Cc1cccc(C2(C(=O)N3CCN(Cc4ccccn4)CC3)CC2)c1. The molecule has 4 rings (SSSR count). The number of pyridine rings is 1. The number of hydrogen-bond acceptors (Lipinski definition) is 3. The predicted molar refractivity (Wildman–Crippen MR) is 98.2 cm³/mol. The first-order chi connectivity index (χ1) is 12.2. The monoisotopic (exact) mass is 335 g/mol. The van der Waals surface area contributed by atoms with Gasteiger partial charge in [0.15, 0.2) is 0 Å². The molecule has 2 aliphatic rings. The van der Waals surface area contributed by atoms with E-state index >= 15 is 0 Å². The smallest absolute Gasteiger partial charge is 0.233 e. The van der Waals surface area contributed by atoms with Gasteiger partial charge in [-0.25, -0.2) is 0 Å². The fourth-order valence-corrected chi connectivity index (χ4v) is 3.83. The Balaban J connectivity index is 1.38. The molecule has 1 amide bonds. The van der Waals surface area contributed by atoms with Crippen molar-refractivity contribution in [2.24, 2.45) is 0 Å². The van der Waals surface area contributed by atoms with E-state index in [9.17, 15) is 4.79 Å². The van der Waals surface area contributed by atoms with E-state index in [2.05, 4.69) is 52.0 Å². The molecule has 0 spiro atoms. The normalized spacial score (nSPS) is 19.6. The van der Waals surface area contributed by atoms with E-state index in [4.69, 9.17) is 0 Å². The number of carbonyl (C=O) groups is 1. The molecule has 1 saturated heterocycles. The van der Waals surface area contributed by atoms with Gasteiger partial charge in [-0.05, 0) is 37.5 Å². The standard InChI is InChI=1S/C21H25N3O/c1-17-5-4-6-18(15-17)21(8-9-21)20(25)24-13-11-23(12-14-24)16-19-7-2-3-10-22-19/h2-7,10,15H,8-9,11-14,16H2,1H3. The highest BCUT2D eigenvalue weighted by Gasteiger charge is 2.53. The number of amides is 1. The third-order valence-electron chi connectivity index (χ3n) is 5.50. The van der Waals surface area contributed by atoms with Gasteiger partial charge in [0.25, 0.3) is 0 Å². The summed E-state index contributed by atoms with van der Waals surface area (Å²) in [5, 5.41) is 0. The van der Waals surface area contributed by atoms with Crippen LogP contribution in [0.25, 0.3) is 0 Å². The molecule has 2 aromatic rings. The van der Waals surface area contributed by atoms with Gasteiger partial charge >= 0.3 is 0 Å². The van der Waals surface area contributed by atoms with Gasteiger partial charge in [0.05, 0.1) is 11.1 Å². The van der Waals surface area contributed by atoms with Crippen molar-refractivity contribution in [3.63, 3.8) is 0 Å². The Morgan fingerprint density at radius 3 is 2.52 bits per heavy atom. The van der Waals surface area contributed by atoms with Gasteiger partial charge in [-0.1, -0.05) is 35.9 Å². The molecule has 25 heavy (non-hydrogen) atoms. The highest BCUT2D eigenvalue weighted by molar-refractivity contribution is 5.91. The molecule has 0 atom stereocenters. The lowest BCUT2D eigenvalue weighted by molar-refractivity contribution is -0.135. The average molecular weight is 335 g/mol. The number of benzene rings is 1. The summed E-state index contributed by atoms with van der Waals surface area (Å²) in [7, 11) is 0. The first-order valence-electron chi connectivity index (χ1n) is 9.16. The van der Waals surface area contributed by atoms with Gasteiger partial charge < -0.3 is 4.90 Å². The highest BCUT2D eigenvalue weighted by atomic mass is 16.2. The Morgan fingerprint density at radius 1 is 1.08 bits per heavy atom. The van der Waals surface area contributed by atoms with Gasteiger partial charge in [0, 0.05) is 38.9 Å². The van der Waals surface area contributed by atoms with Crippen molar-refractivity contribution in [1.82, 2.24) is 14.8 Å². The molecule has 130 valence electrons. The van der Waals surface area contributed by atoms with Crippen molar-refractivity contribution < 1.29 is 4.79 Å². The van der Waals surface area contributed by atoms with Crippen LogP contribution in [-0.2, 0) is 16.8 Å². The van der Waals surface area contributed by atoms with Gasteiger partial charge in [-0.3, -0.25) is 14.7 Å². The van der Waals surface area contributed by atoms with E-state index in [1.807, 2.05) is 18.3 Å². The summed E-state index contributed by atoms with van der Waals surface area (Å²) in [5.74, 6) is 0.329. The van der Waals surface area contributed by atoms with Crippen molar-refractivity contribution in [2.75, 3.05) is 26.2 Å². The molecule has 2 fully saturated rings. The van der Waals surface area contributed by atoms with Gasteiger partial charge in [-0.2, -0.15) is 0 Å². The van der Waals surface area contributed by atoms with Crippen molar-refractivity contribution in [3.8, 4) is 0 Å². The molecular formula is C21H25N3O. The maximum atomic E-state index is 13.2. The Bertz CT molecular complexity index is 747. The predicted octanol–water partition coefficient (Wildman–Crippen LogP) is 2.77. The van der Waals surface area contributed by atoms with E-state index in [1.54, 1.807) is 0 Å². The lowest BCUT2D eigenvalue weighted by Gasteiger charge is -2.36. The summed E-state index contributed by atoms with van der Waals surface area (Å²) in [5.41, 5.74) is 3.29. The Labute approximate surface area is 149 Å². The lowest BCUT2D eigenvalue weighted by Crippen LogP contribution is -2.51. The summed E-state index contributed by atoms with van der Waals surface area (Å²) >= 11 is 0. The first kappa shape index (κ1) is 16.3. The van der Waals surface area contributed by atoms with Gasteiger partial charge in [-0.15, -0.1) is 0 Å². The summed E-state index contributed by atoms with van der Waals surface area (Å²) in [4.78, 5) is 22.0. The third-order valence-corrected chi connectivity index (χ3v) is 5.50. The Morgan fingerprint density at radius 2 is 1.88 bits per heavy atom. The molecule has 1 aromatic heterocycles. The van der Waals surface area contributed by atoms with Crippen LogP contribution in [0.5, 0.6) is 0 Å². The van der Waals surface area contributed by atoms with E-state index in [0.717, 1.165) is 51.3 Å². The summed E-state index contributed by atoms with van der Waals surface area (Å²) in [6.07, 6.45) is 3.82. The number of nitrogens with zero attached hydrogens (tertiary/aromatic N) is 3. The fraction of sp³-hybridized carbons (Fsp3) is 0.429. The first-order valence-corrected chi connectivity index (χ1v) is 9.16. The van der Waals surface area contributed by atoms with Gasteiger partial charge in [0.1, 0.15) is 0 Å². The molecule has 4 heteroatoms. The second kappa shape index (κ2) is 6.60.